The van der Waals surface area contributed by atoms with Crippen molar-refractivity contribution in [3.8, 4) is 11.5 Å². The zero-order chi connectivity index (χ0) is 20.6. The van der Waals surface area contributed by atoms with Gasteiger partial charge in [0.15, 0.2) is 11.5 Å². The Bertz CT molecular complexity index is 977. The van der Waals surface area contributed by atoms with Crippen LogP contribution in [0.15, 0.2) is 60.8 Å². The second-order valence-electron chi connectivity index (χ2n) is 6.29. The highest BCUT2D eigenvalue weighted by atomic mass is 19.1. The van der Waals surface area contributed by atoms with Crippen LogP contribution in [0.4, 0.5) is 15.9 Å². The molecular weight excluding hydrogens is 373 g/mol. The fourth-order valence-corrected chi connectivity index (χ4v) is 2.77. The molecule has 150 valence electrons. The lowest BCUT2D eigenvalue weighted by atomic mass is 10.1. The number of methoxy groups -OCH3 is 2. The van der Waals surface area contributed by atoms with E-state index in [1.807, 2.05) is 6.07 Å². The first-order valence-corrected chi connectivity index (χ1v) is 9.03. The molecule has 1 amide bonds. The van der Waals surface area contributed by atoms with Gasteiger partial charge < -0.3 is 20.1 Å². The van der Waals surface area contributed by atoms with Crippen LogP contribution in [0.25, 0.3) is 0 Å². The SMILES string of the molecule is COc1ccc(CC(=O)Nc2ccc(NCc3ccccc3F)cn2)cc1OC. The molecule has 3 rings (SSSR count). The molecule has 0 atom stereocenters. The molecule has 0 spiro atoms. The number of aromatic nitrogens is 1. The molecule has 6 nitrogen and oxygen atoms in total. The van der Waals surface area contributed by atoms with Crippen molar-refractivity contribution in [2.45, 2.75) is 13.0 Å². The maximum Gasteiger partial charge on any atom is 0.229 e. The third kappa shape index (κ3) is 5.44. The van der Waals surface area contributed by atoms with E-state index < -0.39 is 0 Å². The Labute approximate surface area is 168 Å². The van der Waals surface area contributed by atoms with Crippen molar-refractivity contribution in [1.82, 2.24) is 4.98 Å². The number of carbonyl (C=O) groups is 1. The highest BCUT2D eigenvalue weighted by Crippen LogP contribution is 2.27. The van der Waals surface area contributed by atoms with Gasteiger partial charge in [-0.3, -0.25) is 4.79 Å². The van der Waals surface area contributed by atoms with Crippen molar-refractivity contribution >= 4 is 17.4 Å². The zero-order valence-electron chi connectivity index (χ0n) is 16.2. The number of hydrogen-bond donors (Lipinski definition) is 2. The Hall–Kier alpha value is -3.61. The van der Waals surface area contributed by atoms with E-state index in [1.165, 1.54) is 6.07 Å². The van der Waals surface area contributed by atoms with Gasteiger partial charge in [0.2, 0.25) is 5.91 Å². The normalized spacial score (nSPS) is 10.3. The summed E-state index contributed by atoms with van der Waals surface area (Å²) in [5.41, 5.74) is 2.09. The van der Waals surface area contributed by atoms with Gasteiger partial charge in [-0.2, -0.15) is 0 Å². The van der Waals surface area contributed by atoms with E-state index in [2.05, 4.69) is 15.6 Å². The van der Waals surface area contributed by atoms with Crippen LogP contribution in [-0.2, 0) is 17.8 Å². The standard InChI is InChI=1S/C22H22FN3O3/c1-28-19-9-7-15(11-20(19)29-2)12-22(27)26-21-10-8-17(14-25-21)24-13-16-5-3-4-6-18(16)23/h3-11,14,24H,12-13H2,1-2H3,(H,25,26,27). The lowest BCUT2D eigenvalue weighted by molar-refractivity contribution is -0.115. The molecule has 0 radical (unpaired) electrons. The summed E-state index contributed by atoms with van der Waals surface area (Å²) in [4.78, 5) is 16.5. The minimum absolute atomic E-state index is 0.176. The number of ether oxygens (including phenoxy) is 2. The summed E-state index contributed by atoms with van der Waals surface area (Å²) in [6.07, 6.45) is 1.77. The van der Waals surface area contributed by atoms with Gasteiger partial charge in [-0.15, -0.1) is 0 Å². The van der Waals surface area contributed by atoms with Gasteiger partial charge in [-0.25, -0.2) is 9.37 Å². The summed E-state index contributed by atoms with van der Waals surface area (Å²) in [6.45, 7) is 0.347. The maximum absolute atomic E-state index is 13.7. The summed E-state index contributed by atoms with van der Waals surface area (Å²) in [6, 6.07) is 15.4. The Morgan fingerprint density at radius 2 is 1.83 bits per heavy atom. The highest BCUT2D eigenvalue weighted by molar-refractivity contribution is 5.91. The number of nitrogens with one attached hydrogen (secondary N) is 2. The zero-order valence-corrected chi connectivity index (χ0v) is 16.2. The van der Waals surface area contributed by atoms with Crippen LogP contribution in [0.3, 0.4) is 0 Å². The van der Waals surface area contributed by atoms with Crippen molar-refractivity contribution in [2.24, 2.45) is 0 Å². The van der Waals surface area contributed by atoms with Crippen LogP contribution < -0.4 is 20.1 Å². The molecule has 1 aromatic heterocycles. The van der Waals surface area contributed by atoms with E-state index in [4.69, 9.17) is 9.47 Å². The monoisotopic (exact) mass is 395 g/mol. The van der Waals surface area contributed by atoms with E-state index >= 15 is 0 Å². The van der Waals surface area contributed by atoms with Crippen molar-refractivity contribution in [1.29, 1.82) is 0 Å². The first-order valence-electron chi connectivity index (χ1n) is 9.03. The number of halogens is 1. The van der Waals surface area contributed by atoms with E-state index in [0.29, 0.717) is 29.4 Å². The average Bonchev–Trinajstić information content (AvgIpc) is 2.74. The Balaban J connectivity index is 1.55. The van der Waals surface area contributed by atoms with Crippen LogP contribution in [0.5, 0.6) is 11.5 Å². The predicted octanol–water partition coefficient (Wildman–Crippen LogP) is 4.03. The molecule has 0 fully saturated rings. The topological polar surface area (TPSA) is 72.5 Å². The summed E-state index contributed by atoms with van der Waals surface area (Å²) in [5, 5.41) is 5.86. The summed E-state index contributed by atoms with van der Waals surface area (Å²) in [5.74, 6) is 1.16. The molecule has 2 aromatic carbocycles. The summed E-state index contributed by atoms with van der Waals surface area (Å²) < 4.78 is 24.1. The molecule has 0 aliphatic rings. The molecule has 0 bridgehead atoms. The number of benzene rings is 2. The van der Waals surface area contributed by atoms with E-state index in [9.17, 15) is 9.18 Å². The fourth-order valence-electron chi connectivity index (χ4n) is 2.77. The molecule has 0 saturated carbocycles. The first-order chi connectivity index (χ1) is 14.1. The fraction of sp³-hybridized carbons (Fsp3) is 0.182. The number of hydrogen-bond acceptors (Lipinski definition) is 5. The van der Waals surface area contributed by atoms with Crippen LogP contribution in [0, 0.1) is 5.82 Å². The minimum Gasteiger partial charge on any atom is -0.493 e. The first kappa shape index (κ1) is 20.1. The largest absolute Gasteiger partial charge is 0.493 e. The Kier molecular flexibility index (Phi) is 6.63. The number of anilines is 2. The Morgan fingerprint density at radius 3 is 2.52 bits per heavy atom. The van der Waals surface area contributed by atoms with E-state index in [0.717, 1.165) is 11.3 Å². The van der Waals surface area contributed by atoms with Gasteiger partial charge in [-0.1, -0.05) is 24.3 Å². The minimum atomic E-state index is -0.257. The predicted molar refractivity (Wildman–Crippen MR) is 110 cm³/mol. The van der Waals surface area contributed by atoms with Crippen molar-refractivity contribution in [2.75, 3.05) is 24.9 Å². The number of amides is 1. The van der Waals surface area contributed by atoms with E-state index in [1.54, 1.807) is 62.9 Å². The number of nitrogens with zero attached hydrogens (tertiary/aromatic N) is 1. The van der Waals surface area contributed by atoms with Crippen LogP contribution in [-0.4, -0.2) is 25.1 Å². The third-order valence-corrected chi connectivity index (χ3v) is 4.28. The van der Waals surface area contributed by atoms with Crippen molar-refractivity contribution in [3.63, 3.8) is 0 Å². The lowest BCUT2D eigenvalue weighted by Gasteiger charge is -2.10. The quantitative estimate of drug-likeness (QED) is 0.603. The molecule has 0 unspecified atom stereocenters. The van der Waals surface area contributed by atoms with E-state index in [-0.39, 0.29) is 18.1 Å². The maximum atomic E-state index is 13.7. The van der Waals surface area contributed by atoms with Gasteiger partial charge >= 0.3 is 0 Å². The molecular formula is C22H22FN3O3. The average molecular weight is 395 g/mol. The molecule has 0 saturated heterocycles. The molecule has 29 heavy (non-hydrogen) atoms. The second kappa shape index (κ2) is 9.54. The summed E-state index contributed by atoms with van der Waals surface area (Å²) in [7, 11) is 3.11. The lowest BCUT2D eigenvalue weighted by Crippen LogP contribution is -2.15. The number of carbonyl (C=O) groups excluding carboxylic acids is 1. The molecule has 2 N–H and O–H groups in total. The second-order valence-corrected chi connectivity index (χ2v) is 6.29. The highest BCUT2D eigenvalue weighted by Gasteiger charge is 2.09. The molecule has 7 heteroatoms. The number of pyridine rings is 1. The van der Waals surface area contributed by atoms with Gasteiger partial charge in [0, 0.05) is 12.1 Å². The number of rotatable bonds is 8. The molecule has 1 heterocycles. The summed E-state index contributed by atoms with van der Waals surface area (Å²) >= 11 is 0. The smallest absolute Gasteiger partial charge is 0.229 e. The third-order valence-electron chi connectivity index (χ3n) is 4.28. The van der Waals surface area contributed by atoms with Gasteiger partial charge in [0.05, 0.1) is 32.5 Å². The van der Waals surface area contributed by atoms with Gasteiger partial charge in [0.25, 0.3) is 0 Å². The molecule has 3 aromatic rings. The molecule has 0 aliphatic carbocycles. The van der Waals surface area contributed by atoms with Gasteiger partial charge in [0.1, 0.15) is 11.6 Å². The van der Waals surface area contributed by atoms with Crippen LogP contribution in [0.1, 0.15) is 11.1 Å². The Morgan fingerprint density at radius 1 is 1.03 bits per heavy atom. The van der Waals surface area contributed by atoms with Gasteiger partial charge in [-0.05, 0) is 35.9 Å². The van der Waals surface area contributed by atoms with Crippen LogP contribution in [0.2, 0.25) is 0 Å². The molecule has 0 aliphatic heterocycles. The van der Waals surface area contributed by atoms with Crippen molar-refractivity contribution < 1.29 is 18.7 Å². The van der Waals surface area contributed by atoms with Crippen LogP contribution >= 0.6 is 0 Å². The van der Waals surface area contributed by atoms with Crippen molar-refractivity contribution in [3.05, 3.63) is 77.7 Å².